The predicted octanol–water partition coefficient (Wildman–Crippen LogP) is 11.9. The molecule has 14 rings (SSSR count). The van der Waals surface area contributed by atoms with Crippen molar-refractivity contribution in [1.29, 1.82) is 0 Å². The van der Waals surface area contributed by atoms with Gasteiger partial charge in [0.25, 0.3) is 5.82 Å². The van der Waals surface area contributed by atoms with Gasteiger partial charge in [0.15, 0.2) is 16.8 Å². The number of aryl methyl sites for hydroxylation is 2. The van der Waals surface area contributed by atoms with E-state index in [-0.39, 0.29) is 76.1 Å². The van der Waals surface area contributed by atoms with Crippen LogP contribution < -0.4 is 42.2 Å². The van der Waals surface area contributed by atoms with E-state index in [0.717, 1.165) is 113 Å². The van der Waals surface area contributed by atoms with E-state index >= 15 is 19.2 Å². The van der Waals surface area contributed by atoms with Gasteiger partial charge in [-0.3, -0.25) is 38.4 Å². The zero-order valence-electron chi connectivity index (χ0n) is 61.5. The number of primary amides is 1. The van der Waals surface area contributed by atoms with Crippen molar-refractivity contribution in [2.45, 2.75) is 134 Å². The van der Waals surface area contributed by atoms with Gasteiger partial charge in [-0.05, 0) is 126 Å². The minimum Gasteiger partial charge on any atom is -0.395 e. The number of carbonyl (C=O) groups excluding carboxylic acids is 8. The standard InChI is InChI=1S/C89H89N13O8/c1-2-3-34-81-100-85-70(90)45-57-22-6-8-28-69(57)86(85)101(81)42-19-18-41-92-82(105)38-37-75(80(104)48-59(43-61-50-93-71-29-13-9-24-65(61)71)79(103)49-60(87(91)108)44-62-51-94-72-30-14-10-25-66(62)72)98-89(110)77(47-64-53-96-74-32-16-12-27-68(64)74)99-88(109)76(46-63-52-95-73-31-15-11-26-67(63)73)97-83(106)39-40-84(107)102-54-58-23-5-4-20-55(58)35-36-56-21-7-17-33-78(56)102/h4-17,20-33,45,50-53,59-60,75-77,93-96H,2-3,18-19,34,37-44,46-49,54,90H2,1H3,(H6,91,92,97,98,99,105,106,108,109,110)/p+1. The monoisotopic (exact) mass is 1470 g/mol. The number of imidazole rings is 1. The lowest BCUT2D eigenvalue weighted by atomic mass is 9.83. The highest BCUT2D eigenvalue weighted by molar-refractivity contribution is 6.08. The zero-order valence-corrected chi connectivity index (χ0v) is 61.5. The van der Waals surface area contributed by atoms with Gasteiger partial charge in [-0.25, -0.2) is 9.55 Å². The molecule has 1 aliphatic heterocycles. The molecule has 0 spiro atoms. The summed E-state index contributed by atoms with van der Waals surface area (Å²) in [5.41, 5.74) is 24.4. The van der Waals surface area contributed by atoms with Crippen molar-refractivity contribution in [1.82, 2.24) is 46.2 Å². The summed E-state index contributed by atoms with van der Waals surface area (Å²) in [5, 5.41) is 17.5. The van der Waals surface area contributed by atoms with Crippen LogP contribution >= 0.6 is 0 Å². The van der Waals surface area contributed by atoms with Gasteiger partial charge in [0.1, 0.15) is 17.9 Å². The predicted molar refractivity (Wildman–Crippen MR) is 429 cm³/mol. The van der Waals surface area contributed by atoms with Crippen LogP contribution in [0.15, 0.2) is 201 Å². The molecule has 21 nitrogen and oxygen atoms in total. The molecule has 21 heteroatoms. The number of benzene rings is 8. The molecule has 5 atom stereocenters. The molecule has 6 amide bonds. The van der Waals surface area contributed by atoms with Crippen molar-refractivity contribution in [2.75, 3.05) is 17.2 Å². The molecular weight excluding hydrogens is 1380 g/mol. The van der Waals surface area contributed by atoms with Crippen LogP contribution in [0.5, 0.6) is 0 Å². The Hall–Kier alpha value is -12.8. The first-order valence-corrected chi connectivity index (χ1v) is 38.0. The van der Waals surface area contributed by atoms with E-state index in [4.69, 9.17) is 11.5 Å². The number of para-hydroxylation sites is 5. The van der Waals surface area contributed by atoms with Gasteiger partial charge in [0.05, 0.1) is 30.5 Å². The normalized spacial score (nSPS) is 13.3. The molecule has 13 aromatic rings. The Morgan fingerprint density at radius 1 is 0.518 bits per heavy atom. The minimum absolute atomic E-state index is 0.0411. The van der Waals surface area contributed by atoms with Crippen LogP contribution in [0.3, 0.4) is 0 Å². The number of H-pyrrole nitrogens is 5. The fraction of sp³-hybridized carbons (Fsp3) is 0.270. The molecule has 5 aromatic heterocycles. The molecule has 6 heterocycles. The number of Topliss-reactive ketones (excluding diaryl/α,β-unsaturated/α-hetero) is 2. The number of nitrogens with two attached hydrogens (primary N) is 2. The Balaban J connectivity index is 0.743. The van der Waals surface area contributed by atoms with Gasteiger partial charge in [0.2, 0.25) is 35.4 Å². The molecule has 8 aromatic carbocycles. The molecule has 0 aliphatic carbocycles. The van der Waals surface area contributed by atoms with Gasteiger partial charge in [-0.15, -0.1) is 0 Å². The molecule has 13 N–H and O–H groups in total. The zero-order chi connectivity index (χ0) is 76.2. The second-order valence-electron chi connectivity index (χ2n) is 28.9. The largest absolute Gasteiger partial charge is 0.395 e. The average Bonchev–Trinajstić information content (AvgIpc) is 1.59. The molecule has 1 aliphatic rings. The van der Waals surface area contributed by atoms with Gasteiger partial charge in [0, 0.05) is 155 Å². The summed E-state index contributed by atoms with van der Waals surface area (Å²) >= 11 is 0. The van der Waals surface area contributed by atoms with Gasteiger partial charge in [-0.1, -0.05) is 147 Å². The fourth-order valence-electron chi connectivity index (χ4n) is 15.5. The van der Waals surface area contributed by atoms with Crippen molar-refractivity contribution in [3.05, 3.63) is 245 Å². The van der Waals surface area contributed by atoms with E-state index in [1.807, 2.05) is 164 Å². The number of nitrogens with one attached hydrogen (secondary N) is 9. The van der Waals surface area contributed by atoms with Crippen LogP contribution in [0.25, 0.3) is 65.4 Å². The summed E-state index contributed by atoms with van der Waals surface area (Å²) in [6.45, 7) is 3.34. The quantitative estimate of drug-likeness (QED) is 0.00789. The number of aromatic nitrogens is 6. The maximum atomic E-state index is 15.8. The molecule has 5 unspecified atom stereocenters. The molecular formula is C89H90N13O8+. The summed E-state index contributed by atoms with van der Waals surface area (Å²) in [6.07, 6.45) is 9.69. The molecule has 0 saturated carbocycles. The number of nitrogen functional groups attached to an aromatic ring is 1. The van der Waals surface area contributed by atoms with Crippen LogP contribution in [0.4, 0.5) is 11.4 Å². The maximum absolute atomic E-state index is 15.8. The number of ketones is 2. The Bertz CT molecular complexity index is 5690. The first kappa shape index (κ1) is 74.0. The second-order valence-corrected chi connectivity index (χ2v) is 28.9. The lowest BCUT2D eigenvalue weighted by molar-refractivity contribution is -0.678. The highest BCUT2D eigenvalue weighted by Gasteiger charge is 2.36. The second kappa shape index (κ2) is 34.0. The third-order valence-corrected chi connectivity index (χ3v) is 21.4. The van der Waals surface area contributed by atoms with E-state index in [1.165, 1.54) is 0 Å². The lowest BCUT2D eigenvalue weighted by Crippen LogP contribution is -2.57. The Kier molecular flexibility index (Phi) is 22.9. The molecule has 0 saturated heterocycles. The molecule has 558 valence electrons. The number of rotatable bonds is 34. The maximum Gasteiger partial charge on any atom is 0.255 e. The van der Waals surface area contributed by atoms with Crippen molar-refractivity contribution in [3.8, 4) is 11.8 Å². The van der Waals surface area contributed by atoms with Gasteiger partial charge in [-0.2, -0.15) is 0 Å². The Morgan fingerprint density at radius 2 is 1.03 bits per heavy atom. The Morgan fingerprint density at radius 3 is 1.64 bits per heavy atom. The minimum atomic E-state index is -1.43. The van der Waals surface area contributed by atoms with Crippen molar-refractivity contribution in [3.63, 3.8) is 0 Å². The summed E-state index contributed by atoms with van der Waals surface area (Å²) in [7, 11) is 0. The molecule has 0 fully saturated rings. The van der Waals surface area contributed by atoms with E-state index in [0.29, 0.717) is 54.0 Å². The van der Waals surface area contributed by atoms with Crippen LogP contribution in [0, 0.1) is 23.7 Å². The number of amides is 6. The highest BCUT2D eigenvalue weighted by Crippen LogP contribution is 2.33. The first-order chi connectivity index (χ1) is 53.6. The highest BCUT2D eigenvalue weighted by atomic mass is 16.2. The summed E-state index contributed by atoms with van der Waals surface area (Å²) < 4.78 is 2.31. The number of hydrogen-bond donors (Lipinski definition) is 11. The lowest BCUT2D eigenvalue weighted by Gasteiger charge is -2.27. The summed E-state index contributed by atoms with van der Waals surface area (Å²) in [6, 6.07) is 51.3. The van der Waals surface area contributed by atoms with E-state index < -0.39 is 71.6 Å². The molecule has 110 heavy (non-hydrogen) atoms. The van der Waals surface area contributed by atoms with Crippen LogP contribution in [0.1, 0.15) is 116 Å². The number of aromatic amines is 5. The number of carbonyl (C=O) groups is 8. The third kappa shape index (κ3) is 16.9. The van der Waals surface area contributed by atoms with E-state index in [9.17, 15) is 19.2 Å². The van der Waals surface area contributed by atoms with Crippen molar-refractivity contribution < 1.29 is 42.9 Å². The van der Waals surface area contributed by atoms with Crippen LogP contribution in [-0.4, -0.2) is 96.6 Å². The van der Waals surface area contributed by atoms with Gasteiger partial charge < -0.3 is 57.6 Å². The van der Waals surface area contributed by atoms with Crippen LogP contribution in [0.2, 0.25) is 0 Å². The van der Waals surface area contributed by atoms with Crippen molar-refractivity contribution >= 4 is 124 Å². The summed E-state index contributed by atoms with van der Waals surface area (Å²) in [4.78, 5) is 138. The number of hydrogen-bond acceptors (Lipinski definition) is 9. The van der Waals surface area contributed by atoms with Gasteiger partial charge >= 0.3 is 0 Å². The topological polar surface area (TPSA) is 323 Å². The molecule has 0 bridgehead atoms. The Labute approximate surface area is 636 Å². The number of nitrogens with zero attached hydrogens (tertiary/aromatic N) is 2. The number of unbranched alkanes of at least 4 members (excludes halogenated alkanes) is 2. The van der Waals surface area contributed by atoms with Crippen molar-refractivity contribution in [2.24, 2.45) is 17.6 Å². The summed E-state index contributed by atoms with van der Waals surface area (Å²) in [5.74, 6) is 1.08. The fourth-order valence-corrected chi connectivity index (χ4v) is 15.5. The van der Waals surface area contributed by atoms with E-state index in [1.54, 1.807) is 29.7 Å². The SMILES string of the molecule is CCCCc1[nH]c2c(N)cc3ccccc3c2[n+]1CCCCNC(=O)CCC(NC(=O)C(Cc1c[nH]c2ccccc12)NC(=O)C(Cc1c[nH]c2ccccc12)NC(=O)CCC(=O)N1Cc2ccccc2C#Cc2ccccc21)C(=O)CC(Cc1c[nH]c2ccccc12)C(=O)CC(Cc1c[nH]c2ccccc12)C(N)=O. The molecule has 0 radical (unpaired) electrons. The average molecular weight is 1470 g/mol. The number of fused-ring (bicyclic) bond motifs is 9. The smallest absolute Gasteiger partial charge is 0.255 e. The van der Waals surface area contributed by atoms with Crippen LogP contribution in [-0.2, 0) is 83.5 Å². The van der Waals surface area contributed by atoms with E-state index in [2.05, 4.69) is 81.7 Å². The number of anilines is 2. The first-order valence-electron chi connectivity index (χ1n) is 38.0. The third-order valence-electron chi connectivity index (χ3n) is 21.4.